The fourth-order valence-electron chi connectivity index (χ4n) is 2.17. The summed E-state index contributed by atoms with van der Waals surface area (Å²) in [5.41, 5.74) is 6.82. The van der Waals surface area contributed by atoms with Crippen LogP contribution in [0.5, 0.6) is 5.75 Å². The molecule has 0 radical (unpaired) electrons. The van der Waals surface area contributed by atoms with Crippen LogP contribution >= 0.6 is 0 Å². The average molecular weight is 248 g/mol. The minimum atomic E-state index is -0.252. The van der Waals surface area contributed by atoms with Crippen LogP contribution in [0.2, 0.25) is 0 Å². The van der Waals surface area contributed by atoms with Crippen molar-refractivity contribution in [1.29, 1.82) is 0 Å². The van der Waals surface area contributed by atoms with E-state index in [0.29, 0.717) is 13.0 Å². The molecule has 1 aromatic rings. The predicted octanol–water partition coefficient (Wildman–Crippen LogP) is 1.58. The normalized spacial score (nSPS) is 16.8. The summed E-state index contributed by atoms with van der Waals surface area (Å²) in [7, 11) is 1.63. The molecule has 1 aromatic carbocycles. The number of ether oxygens (including phenoxy) is 1. The summed E-state index contributed by atoms with van der Waals surface area (Å²) in [6.45, 7) is 0.520. The van der Waals surface area contributed by atoms with E-state index < -0.39 is 0 Å². The molecule has 0 aliphatic heterocycles. The molecule has 4 heteroatoms. The predicted molar refractivity (Wildman–Crippen MR) is 70.2 cm³/mol. The maximum absolute atomic E-state index is 11.8. The van der Waals surface area contributed by atoms with Gasteiger partial charge < -0.3 is 15.8 Å². The SMILES string of the molecule is COc1cccc(CNC(=O)CC2(N)CCC2)c1. The highest BCUT2D eigenvalue weighted by Crippen LogP contribution is 2.31. The first-order valence-corrected chi connectivity index (χ1v) is 6.30. The van der Waals surface area contributed by atoms with Crippen LogP contribution in [0.15, 0.2) is 24.3 Å². The van der Waals surface area contributed by atoms with Crippen molar-refractivity contribution in [2.24, 2.45) is 5.73 Å². The number of rotatable bonds is 5. The Labute approximate surface area is 108 Å². The molecule has 1 aliphatic rings. The van der Waals surface area contributed by atoms with E-state index in [1.165, 1.54) is 0 Å². The van der Waals surface area contributed by atoms with Crippen LogP contribution in [-0.4, -0.2) is 18.6 Å². The Balaban J connectivity index is 1.81. The fraction of sp³-hybridized carbons (Fsp3) is 0.500. The first kappa shape index (κ1) is 12.9. The van der Waals surface area contributed by atoms with Gasteiger partial charge in [0.25, 0.3) is 0 Å². The van der Waals surface area contributed by atoms with Gasteiger partial charge in [0.05, 0.1) is 7.11 Å². The number of hydrogen-bond acceptors (Lipinski definition) is 3. The molecule has 4 nitrogen and oxygen atoms in total. The lowest BCUT2D eigenvalue weighted by Crippen LogP contribution is -2.49. The number of nitrogens with one attached hydrogen (secondary N) is 1. The third-order valence-corrected chi connectivity index (χ3v) is 3.49. The molecule has 1 aliphatic carbocycles. The van der Waals surface area contributed by atoms with Crippen molar-refractivity contribution in [2.75, 3.05) is 7.11 Å². The number of amides is 1. The molecule has 3 N–H and O–H groups in total. The second-order valence-corrected chi connectivity index (χ2v) is 5.02. The van der Waals surface area contributed by atoms with E-state index in [1.54, 1.807) is 7.11 Å². The second-order valence-electron chi connectivity index (χ2n) is 5.02. The molecule has 2 rings (SSSR count). The van der Waals surface area contributed by atoms with Gasteiger partial charge in [0.2, 0.25) is 5.91 Å². The van der Waals surface area contributed by atoms with Crippen molar-refractivity contribution in [3.8, 4) is 5.75 Å². The molecule has 0 aromatic heterocycles. The van der Waals surface area contributed by atoms with Crippen LogP contribution in [0.4, 0.5) is 0 Å². The first-order valence-electron chi connectivity index (χ1n) is 6.30. The number of benzene rings is 1. The molecular formula is C14H20N2O2. The Morgan fingerprint density at radius 1 is 1.50 bits per heavy atom. The van der Waals surface area contributed by atoms with Gasteiger partial charge in [-0.2, -0.15) is 0 Å². The van der Waals surface area contributed by atoms with E-state index in [9.17, 15) is 4.79 Å². The van der Waals surface area contributed by atoms with Crippen LogP contribution in [-0.2, 0) is 11.3 Å². The van der Waals surface area contributed by atoms with Crippen molar-refractivity contribution >= 4 is 5.91 Å². The highest BCUT2D eigenvalue weighted by atomic mass is 16.5. The monoisotopic (exact) mass is 248 g/mol. The van der Waals surface area contributed by atoms with Gasteiger partial charge in [-0.15, -0.1) is 0 Å². The highest BCUT2D eigenvalue weighted by molar-refractivity contribution is 5.77. The Kier molecular flexibility index (Phi) is 3.87. The van der Waals surface area contributed by atoms with E-state index in [2.05, 4.69) is 5.32 Å². The third-order valence-electron chi connectivity index (χ3n) is 3.49. The van der Waals surface area contributed by atoms with E-state index in [0.717, 1.165) is 30.6 Å². The Morgan fingerprint density at radius 2 is 2.28 bits per heavy atom. The van der Waals surface area contributed by atoms with Gasteiger partial charge in [-0.3, -0.25) is 4.79 Å². The van der Waals surface area contributed by atoms with E-state index >= 15 is 0 Å². The smallest absolute Gasteiger partial charge is 0.222 e. The third kappa shape index (κ3) is 3.23. The standard InChI is InChI=1S/C14H20N2O2/c1-18-12-5-2-4-11(8-12)10-16-13(17)9-14(15)6-3-7-14/h2,4-5,8H,3,6-7,9-10,15H2,1H3,(H,16,17). The fourth-order valence-corrected chi connectivity index (χ4v) is 2.17. The average Bonchev–Trinajstić information content (AvgIpc) is 2.35. The molecule has 1 fully saturated rings. The van der Waals surface area contributed by atoms with Crippen LogP contribution in [0, 0.1) is 0 Å². The molecule has 1 amide bonds. The van der Waals surface area contributed by atoms with E-state index in [4.69, 9.17) is 10.5 Å². The molecule has 18 heavy (non-hydrogen) atoms. The lowest BCUT2D eigenvalue weighted by atomic mass is 9.75. The summed E-state index contributed by atoms with van der Waals surface area (Å²) in [5.74, 6) is 0.830. The largest absolute Gasteiger partial charge is 0.497 e. The Bertz CT molecular complexity index is 428. The summed E-state index contributed by atoms with van der Waals surface area (Å²) < 4.78 is 5.14. The lowest BCUT2D eigenvalue weighted by molar-refractivity contribution is -0.123. The molecule has 0 spiro atoms. The molecule has 0 bridgehead atoms. The van der Waals surface area contributed by atoms with Crippen LogP contribution in [0.1, 0.15) is 31.2 Å². The van der Waals surface area contributed by atoms with Crippen molar-refractivity contribution in [1.82, 2.24) is 5.32 Å². The van der Waals surface area contributed by atoms with Gasteiger partial charge >= 0.3 is 0 Å². The molecule has 0 unspecified atom stereocenters. The molecule has 0 heterocycles. The van der Waals surface area contributed by atoms with Crippen LogP contribution in [0.25, 0.3) is 0 Å². The van der Waals surface area contributed by atoms with Gasteiger partial charge in [0.15, 0.2) is 0 Å². The molecule has 0 atom stereocenters. The van der Waals surface area contributed by atoms with Gasteiger partial charge in [-0.1, -0.05) is 12.1 Å². The van der Waals surface area contributed by atoms with Crippen molar-refractivity contribution in [3.05, 3.63) is 29.8 Å². The van der Waals surface area contributed by atoms with Gasteiger partial charge in [0.1, 0.15) is 5.75 Å². The molecular weight excluding hydrogens is 228 g/mol. The quantitative estimate of drug-likeness (QED) is 0.831. The number of carbonyl (C=O) groups is 1. The number of carbonyl (C=O) groups excluding carboxylic acids is 1. The van der Waals surface area contributed by atoms with Crippen molar-refractivity contribution < 1.29 is 9.53 Å². The number of hydrogen-bond donors (Lipinski definition) is 2. The zero-order valence-electron chi connectivity index (χ0n) is 10.7. The summed E-state index contributed by atoms with van der Waals surface area (Å²) >= 11 is 0. The van der Waals surface area contributed by atoms with Gasteiger partial charge in [-0.05, 0) is 37.0 Å². The zero-order valence-corrected chi connectivity index (χ0v) is 10.7. The first-order chi connectivity index (χ1) is 8.61. The van der Waals surface area contributed by atoms with Crippen molar-refractivity contribution in [2.45, 2.75) is 37.8 Å². The minimum absolute atomic E-state index is 0.0278. The summed E-state index contributed by atoms with van der Waals surface area (Å²) in [6.07, 6.45) is 3.48. The lowest BCUT2D eigenvalue weighted by Gasteiger charge is -2.37. The maximum atomic E-state index is 11.8. The minimum Gasteiger partial charge on any atom is -0.497 e. The summed E-state index contributed by atoms with van der Waals surface area (Å²) in [6, 6.07) is 7.68. The van der Waals surface area contributed by atoms with Crippen LogP contribution < -0.4 is 15.8 Å². The molecule has 1 saturated carbocycles. The second kappa shape index (κ2) is 5.40. The Hall–Kier alpha value is -1.55. The molecule has 98 valence electrons. The number of nitrogens with two attached hydrogens (primary N) is 1. The summed E-state index contributed by atoms with van der Waals surface area (Å²) in [5, 5.41) is 2.90. The van der Waals surface area contributed by atoms with E-state index in [1.807, 2.05) is 24.3 Å². The summed E-state index contributed by atoms with van der Waals surface area (Å²) in [4.78, 5) is 11.8. The zero-order chi connectivity index (χ0) is 13.0. The van der Waals surface area contributed by atoms with Crippen molar-refractivity contribution in [3.63, 3.8) is 0 Å². The van der Waals surface area contributed by atoms with Crippen LogP contribution in [0.3, 0.4) is 0 Å². The maximum Gasteiger partial charge on any atom is 0.222 e. The van der Waals surface area contributed by atoms with E-state index in [-0.39, 0.29) is 11.4 Å². The topological polar surface area (TPSA) is 64.3 Å². The Morgan fingerprint density at radius 3 is 2.89 bits per heavy atom. The molecule has 0 saturated heterocycles. The number of methoxy groups -OCH3 is 1. The van der Waals surface area contributed by atoms with Gasteiger partial charge in [0, 0.05) is 18.5 Å². The highest BCUT2D eigenvalue weighted by Gasteiger charge is 2.34. The van der Waals surface area contributed by atoms with Gasteiger partial charge in [-0.25, -0.2) is 0 Å².